The van der Waals surface area contributed by atoms with Crippen LogP contribution in [-0.2, 0) is 0 Å². The third-order valence-electron chi connectivity index (χ3n) is 1.67. The van der Waals surface area contributed by atoms with Crippen molar-refractivity contribution >= 4 is 29.2 Å². The summed E-state index contributed by atoms with van der Waals surface area (Å²) in [5.74, 6) is 0. The summed E-state index contributed by atoms with van der Waals surface area (Å²) in [5.41, 5.74) is 0. The zero-order valence-corrected chi connectivity index (χ0v) is 9.53. The molecule has 5 heteroatoms. The van der Waals surface area contributed by atoms with Gasteiger partial charge in [-0.2, -0.15) is 4.98 Å². The van der Waals surface area contributed by atoms with Crippen molar-refractivity contribution in [2.45, 2.75) is 26.2 Å². The Labute approximate surface area is 92.1 Å². The minimum Gasteiger partial charge on any atom is -0.470 e. The highest BCUT2D eigenvalue weighted by Gasteiger charge is 2.08. The smallest absolute Gasteiger partial charge is 0.275 e. The molecule has 14 heavy (non-hydrogen) atoms. The van der Waals surface area contributed by atoms with E-state index in [-0.39, 0.29) is 5.15 Å². The van der Waals surface area contributed by atoms with Crippen molar-refractivity contribution in [2.24, 2.45) is 0 Å². The summed E-state index contributed by atoms with van der Waals surface area (Å²) in [4.78, 5) is 14.8. The van der Waals surface area contributed by atoms with Crippen molar-refractivity contribution in [1.29, 1.82) is 0 Å². The number of hydrogen-bond donors (Lipinski definition) is 0. The summed E-state index contributed by atoms with van der Waals surface area (Å²) in [7, 11) is 0. The van der Waals surface area contributed by atoms with Crippen LogP contribution in [0, 0.1) is 0 Å². The van der Waals surface area contributed by atoms with Gasteiger partial charge in [0, 0.05) is 0 Å². The Morgan fingerprint density at radius 2 is 2.36 bits per heavy atom. The summed E-state index contributed by atoms with van der Waals surface area (Å²) in [6.45, 7) is 2.76. The van der Waals surface area contributed by atoms with E-state index in [0.717, 1.165) is 19.3 Å². The lowest BCUT2D eigenvalue weighted by molar-refractivity contribution is 0.112. The van der Waals surface area contributed by atoms with Gasteiger partial charge in [-0.3, -0.25) is 4.79 Å². The molecular formula is C9H12ClNO2S. The maximum atomic E-state index is 10.4. The molecule has 0 saturated heterocycles. The highest BCUT2D eigenvalue weighted by Crippen LogP contribution is 2.27. The number of carbonyl (C=O) groups excluding carboxylic acids is 1. The van der Waals surface area contributed by atoms with Crippen LogP contribution in [0.2, 0.25) is 5.15 Å². The van der Waals surface area contributed by atoms with Gasteiger partial charge in [0.15, 0.2) is 11.4 Å². The second-order valence-corrected chi connectivity index (χ2v) is 4.16. The molecule has 78 valence electrons. The first kappa shape index (κ1) is 11.5. The fourth-order valence-electron chi connectivity index (χ4n) is 0.940. The molecule has 1 heterocycles. The quantitative estimate of drug-likeness (QED) is 0.560. The van der Waals surface area contributed by atoms with Gasteiger partial charge in [-0.25, -0.2) is 0 Å². The minimum atomic E-state index is 0.232. The van der Waals surface area contributed by atoms with E-state index in [1.807, 2.05) is 0 Å². The number of aromatic nitrogens is 1. The monoisotopic (exact) mass is 233 g/mol. The first-order valence-corrected chi connectivity index (χ1v) is 5.71. The normalized spacial score (nSPS) is 10.1. The van der Waals surface area contributed by atoms with Crippen molar-refractivity contribution in [1.82, 2.24) is 4.98 Å². The third-order valence-corrected chi connectivity index (χ3v) is 2.96. The number of ether oxygens (including phenoxy) is 1. The molecule has 0 amide bonds. The molecule has 3 nitrogen and oxygen atoms in total. The average molecular weight is 234 g/mol. The van der Waals surface area contributed by atoms with Crippen LogP contribution in [-0.4, -0.2) is 17.9 Å². The van der Waals surface area contributed by atoms with E-state index in [4.69, 9.17) is 16.3 Å². The second-order valence-electron chi connectivity index (χ2n) is 2.81. The van der Waals surface area contributed by atoms with Gasteiger partial charge >= 0.3 is 0 Å². The molecule has 0 aliphatic heterocycles. The molecule has 0 radical (unpaired) electrons. The molecule has 0 saturated carbocycles. The molecule has 1 aromatic rings. The maximum Gasteiger partial charge on any atom is 0.275 e. The first-order valence-electron chi connectivity index (χ1n) is 4.52. The standard InChI is InChI=1S/C9H12ClNO2S/c1-2-3-4-5-13-9-11-8(10)7(6-12)14-9/h6H,2-5H2,1H3. The van der Waals surface area contributed by atoms with Gasteiger partial charge in [-0.1, -0.05) is 42.7 Å². The molecule has 0 aliphatic rings. The molecule has 0 N–H and O–H groups in total. The third kappa shape index (κ3) is 3.27. The second kappa shape index (κ2) is 5.98. The predicted octanol–water partition coefficient (Wildman–Crippen LogP) is 3.18. The molecule has 0 spiro atoms. The summed E-state index contributed by atoms with van der Waals surface area (Å²) < 4.78 is 5.34. The Bertz CT molecular complexity index is 301. The minimum absolute atomic E-state index is 0.232. The fourth-order valence-corrected chi connectivity index (χ4v) is 1.87. The van der Waals surface area contributed by atoms with E-state index < -0.39 is 0 Å². The molecule has 0 aromatic carbocycles. The van der Waals surface area contributed by atoms with Gasteiger partial charge in [0.05, 0.1) is 6.61 Å². The number of nitrogens with zero attached hydrogens (tertiary/aromatic N) is 1. The number of aldehydes is 1. The number of halogens is 1. The van der Waals surface area contributed by atoms with E-state index in [1.165, 1.54) is 11.3 Å². The highest BCUT2D eigenvalue weighted by atomic mass is 35.5. The summed E-state index contributed by atoms with van der Waals surface area (Å²) in [5, 5.41) is 0.712. The van der Waals surface area contributed by atoms with Gasteiger partial charge in [0.2, 0.25) is 0 Å². The number of hydrogen-bond acceptors (Lipinski definition) is 4. The van der Waals surface area contributed by atoms with Crippen LogP contribution in [0.15, 0.2) is 0 Å². The van der Waals surface area contributed by atoms with Crippen LogP contribution in [0.3, 0.4) is 0 Å². The van der Waals surface area contributed by atoms with E-state index in [2.05, 4.69) is 11.9 Å². The highest BCUT2D eigenvalue weighted by molar-refractivity contribution is 7.15. The lowest BCUT2D eigenvalue weighted by atomic mass is 10.3. The van der Waals surface area contributed by atoms with Crippen LogP contribution in [0.5, 0.6) is 5.19 Å². The topological polar surface area (TPSA) is 39.2 Å². The zero-order chi connectivity index (χ0) is 10.4. The van der Waals surface area contributed by atoms with Crippen molar-refractivity contribution in [3.8, 4) is 5.19 Å². The number of rotatable bonds is 6. The van der Waals surface area contributed by atoms with Crippen molar-refractivity contribution in [2.75, 3.05) is 6.61 Å². The van der Waals surface area contributed by atoms with E-state index in [0.29, 0.717) is 23.0 Å². The lowest BCUT2D eigenvalue weighted by Gasteiger charge is -1.99. The Kier molecular flexibility index (Phi) is 4.90. The van der Waals surface area contributed by atoms with Crippen LogP contribution in [0.1, 0.15) is 35.9 Å². The van der Waals surface area contributed by atoms with Crippen molar-refractivity contribution in [3.05, 3.63) is 10.0 Å². The first-order chi connectivity index (χ1) is 6.77. The van der Waals surface area contributed by atoms with Crippen LogP contribution in [0.25, 0.3) is 0 Å². The fraction of sp³-hybridized carbons (Fsp3) is 0.556. The van der Waals surface area contributed by atoms with Crippen LogP contribution < -0.4 is 4.74 Å². The molecular weight excluding hydrogens is 222 g/mol. The Balaban J connectivity index is 2.39. The summed E-state index contributed by atoms with van der Waals surface area (Å²) in [6.07, 6.45) is 3.99. The Morgan fingerprint density at radius 3 is 2.93 bits per heavy atom. The molecule has 0 bridgehead atoms. The largest absolute Gasteiger partial charge is 0.470 e. The van der Waals surface area contributed by atoms with Gasteiger partial charge in [0.25, 0.3) is 5.19 Å². The SMILES string of the molecule is CCCCCOc1nc(Cl)c(C=O)s1. The molecule has 0 fully saturated rings. The van der Waals surface area contributed by atoms with Gasteiger partial charge in [0.1, 0.15) is 4.88 Å². The molecule has 0 atom stereocenters. The van der Waals surface area contributed by atoms with E-state index in [1.54, 1.807) is 0 Å². The number of thiazole rings is 1. The predicted molar refractivity (Wildman–Crippen MR) is 57.5 cm³/mol. The van der Waals surface area contributed by atoms with Gasteiger partial charge < -0.3 is 4.74 Å². The Morgan fingerprint density at radius 1 is 1.57 bits per heavy atom. The number of carbonyl (C=O) groups is 1. The lowest BCUT2D eigenvalue weighted by Crippen LogP contribution is -1.95. The zero-order valence-electron chi connectivity index (χ0n) is 7.96. The molecule has 1 rings (SSSR count). The van der Waals surface area contributed by atoms with E-state index >= 15 is 0 Å². The van der Waals surface area contributed by atoms with Crippen molar-refractivity contribution < 1.29 is 9.53 Å². The van der Waals surface area contributed by atoms with Crippen LogP contribution >= 0.6 is 22.9 Å². The van der Waals surface area contributed by atoms with Gasteiger partial charge in [-0.15, -0.1) is 0 Å². The molecule has 1 aromatic heterocycles. The summed E-state index contributed by atoms with van der Waals surface area (Å²) >= 11 is 6.86. The Hall–Kier alpha value is -0.610. The summed E-state index contributed by atoms with van der Waals surface area (Å²) in [6, 6.07) is 0. The van der Waals surface area contributed by atoms with Crippen LogP contribution in [0.4, 0.5) is 0 Å². The molecule has 0 unspecified atom stereocenters. The molecule has 0 aliphatic carbocycles. The van der Waals surface area contributed by atoms with E-state index in [9.17, 15) is 4.79 Å². The average Bonchev–Trinajstić information content (AvgIpc) is 2.54. The van der Waals surface area contributed by atoms with Gasteiger partial charge in [-0.05, 0) is 6.42 Å². The maximum absolute atomic E-state index is 10.4. The number of unbranched alkanes of at least 4 members (excludes halogenated alkanes) is 2. The van der Waals surface area contributed by atoms with Crippen molar-refractivity contribution in [3.63, 3.8) is 0 Å².